The molecule has 0 saturated heterocycles. The summed E-state index contributed by atoms with van der Waals surface area (Å²) in [4.78, 5) is 16.4. The second-order valence-electron chi connectivity index (χ2n) is 4.68. The lowest BCUT2D eigenvalue weighted by Crippen LogP contribution is -2.20. The Hall–Kier alpha value is -3.08. The van der Waals surface area contributed by atoms with E-state index in [9.17, 15) is 9.90 Å². The minimum absolute atomic E-state index is 0.303. The molecule has 1 N–H and O–H groups in total. The monoisotopic (exact) mass is 294 g/mol. The lowest BCUT2D eigenvalue weighted by atomic mass is 10.2. The fourth-order valence-electron chi connectivity index (χ4n) is 2.23. The zero-order valence-corrected chi connectivity index (χ0v) is 11.9. The molecule has 0 aliphatic rings. The third-order valence-electron chi connectivity index (χ3n) is 3.27. The van der Waals surface area contributed by atoms with Gasteiger partial charge < -0.3 is 9.84 Å². The SMILES string of the molecule is COc1ccc(-c2nc(O)cc(=O)n2-c2ccccc2)cc1. The minimum Gasteiger partial charge on any atom is -0.497 e. The summed E-state index contributed by atoms with van der Waals surface area (Å²) in [5.74, 6) is 0.777. The van der Waals surface area contributed by atoms with Gasteiger partial charge in [-0.1, -0.05) is 18.2 Å². The molecule has 5 nitrogen and oxygen atoms in total. The van der Waals surface area contributed by atoms with Crippen LogP contribution in [0.2, 0.25) is 0 Å². The molecule has 5 heteroatoms. The molecule has 110 valence electrons. The number of rotatable bonds is 3. The zero-order valence-electron chi connectivity index (χ0n) is 11.9. The van der Waals surface area contributed by atoms with Gasteiger partial charge in [0.2, 0.25) is 5.88 Å². The average Bonchev–Trinajstić information content (AvgIpc) is 2.55. The van der Waals surface area contributed by atoms with Gasteiger partial charge in [-0.2, -0.15) is 4.98 Å². The molecule has 3 aromatic rings. The largest absolute Gasteiger partial charge is 0.497 e. The number of aromatic hydroxyl groups is 1. The van der Waals surface area contributed by atoms with E-state index in [1.807, 2.05) is 30.3 Å². The number of aromatic nitrogens is 2. The topological polar surface area (TPSA) is 64.3 Å². The predicted molar refractivity (Wildman–Crippen MR) is 83.5 cm³/mol. The van der Waals surface area contributed by atoms with Crippen molar-refractivity contribution in [3.05, 3.63) is 71.0 Å². The van der Waals surface area contributed by atoms with Crippen LogP contribution in [0, 0.1) is 0 Å². The maximum Gasteiger partial charge on any atom is 0.262 e. The second-order valence-corrected chi connectivity index (χ2v) is 4.68. The second kappa shape index (κ2) is 5.73. The Morgan fingerprint density at radius 2 is 1.73 bits per heavy atom. The molecule has 0 fully saturated rings. The van der Waals surface area contributed by atoms with Crippen molar-refractivity contribution < 1.29 is 9.84 Å². The molecule has 0 radical (unpaired) electrons. The fraction of sp³-hybridized carbons (Fsp3) is 0.0588. The number of para-hydroxylation sites is 1. The normalized spacial score (nSPS) is 10.4. The van der Waals surface area contributed by atoms with Gasteiger partial charge in [-0.3, -0.25) is 9.36 Å². The summed E-state index contributed by atoms with van der Waals surface area (Å²) < 4.78 is 6.59. The lowest BCUT2D eigenvalue weighted by Gasteiger charge is -2.12. The number of ether oxygens (including phenoxy) is 1. The molecule has 0 aliphatic carbocycles. The van der Waals surface area contributed by atoms with E-state index in [2.05, 4.69) is 4.98 Å². The third-order valence-corrected chi connectivity index (χ3v) is 3.27. The molecule has 3 rings (SSSR count). The molecular formula is C17H14N2O3. The maximum atomic E-state index is 12.3. The van der Waals surface area contributed by atoms with E-state index >= 15 is 0 Å². The molecule has 0 spiro atoms. The van der Waals surface area contributed by atoms with Crippen molar-refractivity contribution in [2.75, 3.05) is 7.11 Å². The Morgan fingerprint density at radius 1 is 1.05 bits per heavy atom. The first-order valence-electron chi connectivity index (χ1n) is 6.72. The Balaban J connectivity index is 2.24. The third kappa shape index (κ3) is 2.56. The summed E-state index contributed by atoms with van der Waals surface area (Å²) in [5.41, 5.74) is 1.05. The molecule has 22 heavy (non-hydrogen) atoms. The summed E-state index contributed by atoms with van der Waals surface area (Å²) in [5, 5.41) is 9.68. The van der Waals surface area contributed by atoms with Crippen molar-refractivity contribution in [3.63, 3.8) is 0 Å². The van der Waals surface area contributed by atoms with Gasteiger partial charge in [0.25, 0.3) is 5.56 Å². The van der Waals surface area contributed by atoms with E-state index in [1.54, 1.807) is 31.4 Å². The highest BCUT2D eigenvalue weighted by molar-refractivity contribution is 5.60. The Labute approximate surface area is 127 Å². The summed E-state index contributed by atoms with van der Waals surface area (Å²) >= 11 is 0. The van der Waals surface area contributed by atoms with Crippen LogP contribution < -0.4 is 10.3 Å². The molecule has 1 heterocycles. The van der Waals surface area contributed by atoms with Gasteiger partial charge in [0.05, 0.1) is 18.9 Å². The summed E-state index contributed by atoms with van der Waals surface area (Å²) in [7, 11) is 1.58. The van der Waals surface area contributed by atoms with Crippen molar-refractivity contribution in [2.45, 2.75) is 0 Å². The van der Waals surface area contributed by atoms with Gasteiger partial charge in [0.1, 0.15) is 5.75 Å². The Bertz CT molecular complexity index is 840. The van der Waals surface area contributed by atoms with Crippen LogP contribution in [0.4, 0.5) is 0 Å². The highest BCUT2D eigenvalue weighted by atomic mass is 16.5. The molecule has 0 unspecified atom stereocenters. The number of benzene rings is 2. The zero-order chi connectivity index (χ0) is 15.5. The predicted octanol–water partition coefficient (Wildman–Crippen LogP) is 2.61. The number of hydrogen-bond donors (Lipinski definition) is 1. The highest BCUT2D eigenvalue weighted by Crippen LogP contribution is 2.23. The Kier molecular flexibility index (Phi) is 3.62. The summed E-state index contributed by atoms with van der Waals surface area (Å²) in [6, 6.07) is 17.4. The lowest BCUT2D eigenvalue weighted by molar-refractivity contribution is 0.415. The first kappa shape index (κ1) is 13.9. The van der Waals surface area contributed by atoms with E-state index in [-0.39, 0.29) is 11.4 Å². The van der Waals surface area contributed by atoms with Gasteiger partial charge >= 0.3 is 0 Å². The number of nitrogens with zero attached hydrogens (tertiary/aromatic N) is 2. The minimum atomic E-state index is -0.343. The van der Waals surface area contributed by atoms with Crippen LogP contribution in [0.15, 0.2) is 65.5 Å². The molecule has 0 bridgehead atoms. The molecule has 0 saturated carbocycles. The first-order chi connectivity index (χ1) is 10.7. The van der Waals surface area contributed by atoms with E-state index < -0.39 is 0 Å². The van der Waals surface area contributed by atoms with Crippen LogP contribution in [0.1, 0.15) is 0 Å². The van der Waals surface area contributed by atoms with Gasteiger partial charge in [-0.15, -0.1) is 0 Å². The molecule has 1 aromatic heterocycles. The van der Waals surface area contributed by atoms with Crippen LogP contribution in [0.3, 0.4) is 0 Å². The van der Waals surface area contributed by atoms with Crippen LogP contribution in [0.5, 0.6) is 11.6 Å². The quantitative estimate of drug-likeness (QED) is 0.806. The highest BCUT2D eigenvalue weighted by Gasteiger charge is 2.12. The van der Waals surface area contributed by atoms with E-state index in [0.717, 1.165) is 6.07 Å². The van der Waals surface area contributed by atoms with E-state index in [4.69, 9.17) is 4.74 Å². The van der Waals surface area contributed by atoms with Gasteiger partial charge in [0.15, 0.2) is 5.82 Å². The fourth-order valence-corrected chi connectivity index (χ4v) is 2.23. The molecule has 0 atom stereocenters. The van der Waals surface area contributed by atoms with Crippen molar-refractivity contribution >= 4 is 0 Å². The van der Waals surface area contributed by atoms with E-state index in [1.165, 1.54) is 4.57 Å². The first-order valence-corrected chi connectivity index (χ1v) is 6.72. The average molecular weight is 294 g/mol. The standard InChI is InChI=1S/C17H14N2O3/c1-22-14-9-7-12(8-10-14)17-18-15(20)11-16(21)19(17)13-5-3-2-4-6-13/h2-11,20H,1H3. The number of methoxy groups -OCH3 is 1. The smallest absolute Gasteiger partial charge is 0.262 e. The van der Waals surface area contributed by atoms with Crippen LogP contribution in [-0.2, 0) is 0 Å². The maximum absolute atomic E-state index is 12.3. The summed E-state index contributed by atoms with van der Waals surface area (Å²) in [6.45, 7) is 0. The van der Waals surface area contributed by atoms with Crippen LogP contribution in [-0.4, -0.2) is 21.8 Å². The van der Waals surface area contributed by atoms with Crippen LogP contribution in [0.25, 0.3) is 17.1 Å². The van der Waals surface area contributed by atoms with Crippen molar-refractivity contribution in [2.24, 2.45) is 0 Å². The van der Waals surface area contributed by atoms with Gasteiger partial charge in [0, 0.05) is 5.56 Å². The van der Waals surface area contributed by atoms with Gasteiger partial charge in [-0.05, 0) is 36.4 Å². The molecule has 0 amide bonds. The summed E-state index contributed by atoms with van der Waals surface area (Å²) in [6.07, 6.45) is 0. The molecular weight excluding hydrogens is 280 g/mol. The number of hydrogen-bond acceptors (Lipinski definition) is 4. The van der Waals surface area contributed by atoms with E-state index in [0.29, 0.717) is 22.8 Å². The Morgan fingerprint density at radius 3 is 2.36 bits per heavy atom. The molecule has 2 aromatic carbocycles. The van der Waals surface area contributed by atoms with Gasteiger partial charge in [-0.25, -0.2) is 0 Å². The van der Waals surface area contributed by atoms with Crippen LogP contribution >= 0.6 is 0 Å². The molecule has 0 aliphatic heterocycles. The van der Waals surface area contributed by atoms with Crippen molar-refractivity contribution in [3.8, 4) is 28.7 Å². The van der Waals surface area contributed by atoms with Crippen molar-refractivity contribution in [1.29, 1.82) is 0 Å². The van der Waals surface area contributed by atoms with Crippen molar-refractivity contribution in [1.82, 2.24) is 9.55 Å².